The van der Waals surface area contributed by atoms with Gasteiger partial charge < -0.3 is 6.58 Å². The van der Waals surface area contributed by atoms with Crippen LogP contribution in [0.25, 0.3) is 0 Å². The summed E-state index contributed by atoms with van der Waals surface area (Å²) in [6.07, 6.45) is 6.25. The summed E-state index contributed by atoms with van der Waals surface area (Å²) in [6.45, 7) is 12.7. The molecule has 0 saturated heterocycles. The number of rotatable bonds is 13. The van der Waals surface area contributed by atoms with Crippen molar-refractivity contribution in [2.45, 2.75) is 32.6 Å². The van der Waals surface area contributed by atoms with E-state index in [0.717, 1.165) is 25.7 Å². The van der Waals surface area contributed by atoms with Crippen molar-refractivity contribution in [3.63, 3.8) is 0 Å². The summed E-state index contributed by atoms with van der Waals surface area (Å²) < 4.78 is 7.50. The van der Waals surface area contributed by atoms with Gasteiger partial charge in [-0.1, -0.05) is 250 Å². The summed E-state index contributed by atoms with van der Waals surface area (Å²) in [7, 11) is -0.892. The summed E-state index contributed by atoms with van der Waals surface area (Å²) in [6, 6.07) is 85.9. The van der Waals surface area contributed by atoms with Crippen molar-refractivity contribution in [2.75, 3.05) is 0 Å². The van der Waals surface area contributed by atoms with Crippen molar-refractivity contribution in [3.8, 4) is 0 Å². The third kappa shape index (κ3) is 15.9. The molecule has 0 aliphatic carbocycles. The first-order valence-corrected chi connectivity index (χ1v) is 23.1. The Morgan fingerprint density at radius 1 is 0.377 bits per heavy atom. The van der Waals surface area contributed by atoms with Gasteiger partial charge in [0.05, 0.1) is 0 Å². The third-order valence-electron chi connectivity index (χ3n) is 10.1. The first-order chi connectivity index (χ1) is 29.6. The fraction of sp³-hybridized carbons (Fsp3) is 0.105. The zero-order valence-electron chi connectivity index (χ0n) is 34.7. The van der Waals surface area contributed by atoms with Crippen LogP contribution in [0.4, 0.5) is 0 Å². The molecule has 0 unspecified atom stereocenters. The number of hydrogen-bond donors (Lipinski definition) is 0. The van der Waals surface area contributed by atoms with Crippen LogP contribution >= 0.6 is 15.8 Å². The number of allylic oxidation sites excluding steroid dienone is 1. The first kappa shape index (κ1) is 48.4. The minimum atomic E-state index is -0.446. The molecule has 61 heavy (non-hydrogen) atoms. The van der Waals surface area contributed by atoms with Crippen LogP contribution in [0.1, 0.15) is 30.9 Å². The molecule has 0 amide bonds. The second-order valence-corrected chi connectivity index (χ2v) is 18.9. The van der Waals surface area contributed by atoms with Gasteiger partial charge in [0.2, 0.25) is 0 Å². The van der Waals surface area contributed by atoms with Gasteiger partial charge in [-0.15, -0.1) is 0 Å². The molecule has 4 heteroatoms. The minimum Gasteiger partial charge on any atom is -0.517 e. The molecule has 0 aromatic heterocycles. The van der Waals surface area contributed by atoms with Crippen LogP contribution in [0.3, 0.4) is 0 Å². The molecule has 8 aromatic carbocycles. The van der Waals surface area contributed by atoms with Crippen molar-refractivity contribution >= 4 is 47.7 Å². The molecule has 0 N–H and O–H groups in total. The summed E-state index contributed by atoms with van der Waals surface area (Å²) in [5.41, 5.74) is 2.88. The molecule has 8 rings (SSSR count). The molecule has 8 aromatic rings. The third-order valence-corrected chi connectivity index (χ3v) is 15.0. The monoisotopic (exact) mass is 918 g/mol. The normalized spacial score (nSPS) is 10.3. The maximum Gasteiger partial charge on any atom is 0 e. The van der Waals surface area contributed by atoms with Crippen molar-refractivity contribution < 1.29 is 24.1 Å². The standard InChI is InChI=1S/C20H23.2C18H15P.CO.Rh/c1-3-20(2,16-14-18-10-6-4-7-11-18)17-15-19-12-8-5-9-13-19;2*1-4-10-16(11-5-1)19(17-12-6-2-7-13-17)18-14-8-3-9-15-18;1-2;/h1,3-13H,14-17H2,2H3;2*1-15H;;/q-1;;;;. The number of benzene rings is 8. The van der Waals surface area contributed by atoms with E-state index in [2.05, 4.69) is 256 Å². The van der Waals surface area contributed by atoms with E-state index < -0.39 is 15.8 Å². The van der Waals surface area contributed by atoms with Gasteiger partial charge in [0.25, 0.3) is 0 Å². The summed E-state index contributed by atoms with van der Waals surface area (Å²) >= 11 is 0. The Kier molecular flexibility index (Phi) is 21.9. The molecule has 307 valence electrons. The maximum absolute atomic E-state index is 7.50. The van der Waals surface area contributed by atoms with Gasteiger partial charge in [-0.2, -0.15) is 0 Å². The zero-order valence-corrected chi connectivity index (χ0v) is 38.1. The second kappa shape index (κ2) is 27.5. The Bertz CT molecular complexity index is 1990. The minimum absolute atomic E-state index is 0. The van der Waals surface area contributed by atoms with Gasteiger partial charge in [-0.3, -0.25) is 6.08 Å². The average Bonchev–Trinajstić information content (AvgIpc) is 3.34. The maximum atomic E-state index is 7.50. The van der Waals surface area contributed by atoms with Crippen LogP contribution in [0.5, 0.6) is 0 Å². The Labute approximate surface area is 380 Å². The Morgan fingerprint density at radius 3 is 0.738 bits per heavy atom. The van der Waals surface area contributed by atoms with E-state index >= 15 is 0 Å². The molecule has 0 atom stereocenters. The number of hydrogen-bond acceptors (Lipinski definition) is 0. The molecule has 0 bridgehead atoms. The molecular weight excluding hydrogens is 865 g/mol. The largest absolute Gasteiger partial charge is 0.517 e. The van der Waals surface area contributed by atoms with Gasteiger partial charge in [0, 0.05) is 19.5 Å². The molecule has 0 fully saturated rings. The Morgan fingerprint density at radius 2 is 0.557 bits per heavy atom. The van der Waals surface area contributed by atoms with E-state index in [1.165, 1.54) is 43.0 Å². The summed E-state index contributed by atoms with van der Waals surface area (Å²) in [4.78, 5) is 0. The fourth-order valence-corrected chi connectivity index (χ4v) is 11.4. The van der Waals surface area contributed by atoms with E-state index in [1.807, 2.05) is 6.08 Å². The van der Waals surface area contributed by atoms with E-state index in [9.17, 15) is 0 Å². The molecular formula is C57H53OP2Rh-. The second-order valence-electron chi connectivity index (χ2n) is 14.5. The molecule has 0 saturated carbocycles. The van der Waals surface area contributed by atoms with Gasteiger partial charge >= 0.3 is 11.3 Å². The van der Waals surface area contributed by atoms with Crippen LogP contribution < -0.4 is 31.8 Å². The van der Waals surface area contributed by atoms with Crippen molar-refractivity contribution in [1.82, 2.24) is 0 Å². The average molecular weight is 919 g/mol. The number of aryl methyl sites for hydroxylation is 2. The van der Waals surface area contributed by atoms with Crippen molar-refractivity contribution in [3.05, 3.63) is 273 Å². The molecule has 1 nitrogen and oxygen atoms in total. The Hall–Kier alpha value is -5.28. The topological polar surface area (TPSA) is 19.9 Å². The summed E-state index contributed by atoms with van der Waals surface area (Å²) in [5, 5.41) is 8.39. The summed E-state index contributed by atoms with van der Waals surface area (Å²) in [5.74, 6) is 0. The molecule has 0 aliphatic rings. The first-order valence-electron chi connectivity index (χ1n) is 20.4. The SMILES string of the molecule is [C-]#[O+].[CH-]=CC(C)(CCc1ccccc1)CCc1ccccc1.[Rh].c1ccc(P(c2ccccc2)c2ccccc2)cc1.c1ccc(P(c2ccccc2)c2ccccc2)cc1. The van der Waals surface area contributed by atoms with Crippen LogP contribution in [0.2, 0.25) is 0 Å². The fourth-order valence-electron chi connectivity index (χ4n) is 6.80. The van der Waals surface area contributed by atoms with Gasteiger partial charge in [0.1, 0.15) is 0 Å². The molecule has 1 radical (unpaired) electrons. The van der Waals surface area contributed by atoms with Gasteiger partial charge in [-0.05, 0) is 89.9 Å². The van der Waals surface area contributed by atoms with Gasteiger partial charge in [-0.25, -0.2) is 0 Å². The predicted octanol–water partition coefficient (Wildman–Crippen LogP) is 12.1. The molecule has 0 heterocycles. The molecule has 0 aliphatic heterocycles. The van der Waals surface area contributed by atoms with E-state index in [1.54, 1.807) is 0 Å². The van der Waals surface area contributed by atoms with E-state index in [0.29, 0.717) is 0 Å². The smallest absolute Gasteiger partial charge is 0 e. The zero-order chi connectivity index (χ0) is 42.1. The van der Waals surface area contributed by atoms with E-state index in [-0.39, 0.29) is 24.9 Å². The molecule has 0 spiro atoms. The van der Waals surface area contributed by atoms with Crippen molar-refractivity contribution in [1.29, 1.82) is 0 Å². The van der Waals surface area contributed by atoms with Crippen LogP contribution in [0, 0.1) is 18.6 Å². The quantitative estimate of drug-likeness (QED) is 0.0475. The van der Waals surface area contributed by atoms with Crippen LogP contribution in [-0.4, -0.2) is 0 Å². The van der Waals surface area contributed by atoms with Crippen molar-refractivity contribution in [2.24, 2.45) is 5.41 Å². The van der Waals surface area contributed by atoms with Gasteiger partial charge in [0.15, 0.2) is 0 Å². The predicted molar refractivity (Wildman–Crippen MR) is 261 cm³/mol. The van der Waals surface area contributed by atoms with Crippen LogP contribution in [0.15, 0.2) is 249 Å². The Balaban J connectivity index is 0.000000196. The van der Waals surface area contributed by atoms with E-state index in [4.69, 9.17) is 11.2 Å². The van der Waals surface area contributed by atoms with Crippen LogP contribution in [-0.2, 0) is 37.0 Å².